The average molecular weight is 228 g/mol. The number of unbranched alkanes of at least 4 members (excludes halogenated alkanes) is 4. The molecule has 0 aliphatic heterocycles. The normalized spacial score (nSPS) is 10.9. The van der Waals surface area contributed by atoms with Gasteiger partial charge in [-0.3, -0.25) is 0 Å². The third-order valence-corrected chi connectivity index (χ3v) is 5.59. The molecule has 0 atom stereocenters. The first kappa shape index (κ1) is 15.2. The summed E-state index contributed by atoms with van der Waals surface area (Å²) < 4.78 is 0. The Morgan fingerprint density at radius 3 is 1.80 bits per heavy atom. The van der Waals surface area contributed by atoms with Crippen LogP contribution in [0.1, 0.15) is 58.8 Å². The van der Waals surface area contributed by atoms with Crippen LogP contribution in [0.5, 0.6) is 0 Å². The first-order chi connectivity index (χ1) is 7.35. The summed E-state index contributed by atoms with van der Waals surface area (Å²) in [6, 6.07) is 0. The van der Waals surface area contributed by atoms with Gasteiger partial charge in [-0.1, -0.05) is 45.6 Å². The Hall–Kier alpha value is 0.170. The molecule has 0 aromatic rings. The molecule has 1 heteroatoms. The van der Waals surface area contributed by atoms with Gasteiger partial charge in [-0.05, 0) is 37.7 Å². The molecule has 0 unspecified atom stereocenters. The highest BCUT2D eigenvalue weighted by atomic mass is 31.1. The molecule has 15 heavy (non-hydrogen) atoms. The van der Waals surface area contributed by atoms with Crippen LogP contribution in [-0.2, 0) is 0 Å². The van der Waals surface area contributed by atoms with Crippen LogP contribution >= 0.6 is 7.92 Å². The fraction of sp³-hybridized carbons (Fsp3) is 0.857. The molecular formula is C14H29P. The highest BCUT2D eigenvalue weighted by molar-refractivity contribution is 7.57. The molecule has 0 spiro atoms. The fourth-order valence-corrected chi connectivity index (χ4v) is 4.34. The maximum absolute atomic E-state index is 3.84. The Bertz CT molecular complexity index is 121. The maximum Gasteiger partial charge on any atom is -0.0291 e. The van der Waals surface area contributed by atoms with Crippen molar-refractivity contribution in [2.24, 2.45) is 0 Å². The van der Waals surface area contributed by atoms with Gasteiger partial charge in [0.25, 0.3) is 0 Å². The molecule has 0 aromatic carbocycles. The van der Waals surface area contributed by atoms with Crippen molar-refractivity contribution in [1.82, 2.24) is 0 Å². The van der Waals surface area contributed by atoms with Crippen LogP contribution in [-0.4, -0.2) is 18.5 Å². The number of rotatable bonds is 11. The molecule has 0 amide bonds. The van der Waals surface area contributed by atoms with Crippen molar-refractivity contribution in [1.29, 1.82) is 0 Å². The fourth-order valence-electron chi connectivity index (χ4n) is 1.78. The SMILES string of the molecule is C=CCCP(CCCCC)CCCCC. The smallest absolute Gasteiger partial charge is 0.0291 e. The van der Waals surface area contributed by atoms with E-state index in [0.717, 1.165) is 0 Å². The van der Waals surface area contributed by atoms with Gasteiger partial charge in [-0.2, -0.15) is 0 Å². The van der Waals surface area contributed by atoms with Crippen LogP contribution in [0.2, 0.25) is 0 Å². The molecule has 0 heterocycles. The van der Waals surface area contributed by atoms with Crippen molar-refractivity contribution >= 4 is 7.92 Å². The Balaban J connectivity index is 3.57. The summed E-state index contributed by atoms with van der Waals surface area (Å²) in [7, 11) is 0.339. The van der Waals surface area contributed by atoms with Crippen molar-refractivity contribution in [2.75, 3.05) is 18.5 Å². The standard InChI is InChI=1S/C14H29P/c1-4-7-10-13-15(12-9-6-3)14-11-8-5-2/h6H,3-5,7-14H2,1-2H3. The summed E-state index contributed by atoms with van der Waals surface area (Å²) in [5.41, 5.74) is 0. The van der Waals surface area contributed by atoms with Gasteiger partial charge in [0.2, 0.25) is 0 Å². The predicted octanol–water partition coefficient (Wildman–Crippen LogP) is 5.42. The Labute approximate surface area is 98.3 Å². The summed E-state index contributed by atoms with van der Waals surface area (Å²) in [6.07, 6.45) is 16.3. The van der Waals surface area contributed by atoms with E-state index in [1.165, 1.54) is 63.4 Å². The molecule has 0 radical (unpaired) electrons. The Morgan fingerprint density at radius 1 is 0.867 bits per heavy atom. The molecule has 0 nitrogen and oxygen atoms in total. The first-order valence-electron chi connectivity index (χ1n) is 6.68. The van der Waals surface area contributed by atoms with Crippen molar-refractivity contribution < 1.29 is 0 Å². The van der Waals surface area contributed by atoms with E-state index in [4.69, 9.17) is 0 Å². The lowest BCUT2D eigenvalue weighted by molar-refractivity contribution is 0.761. The maximum atomic E-state index is 3.84. The highest BCUT2D eigenvalue weighted by Gasteiger charge is 2.05. The van der Waals surface area contributed by atoms with Crippen LogP contribution < -0.4 is 0 Å². The topological polar surface area (TPSA) is 0 Å². The summed E-state index contributed by atoms with van der Waals surface area (Å²) in [6.45, 7) is 8.43. The van der Waals surface area contributed by atoms with Gasteiger partial charge in [0.1, 0.15) is 0 Å². The average Bonchev–Trinajstić information content (AvgIpc) is 2.25. The quantitative estimate of drug-likeness (QED) is 0.251. The summed E-state index contributed by atoms with van der Waals surface area (Å²) in [5, 5.41) is 0. The van der Waals surface area contributed by atoms with E-state index in [9.17, 15) is 0 Å². The molecule has 0 rings (SSSR count). The summed E-state index contributed by atoms with van der Waals surface area (Å²) in [4.78, 5) is 0. The predicted molar refractivity (Wildman–Crippen MR) is 75.4 cm³/mol. The minimum atomic E-state index is 0.339. The minimum absolute atomic E-state index is 0.339. The van der Waals surface area contributed by atoms with Crippen LogP contribution in [0.25, 0.3) is 0 Å². The zero-order valence-corrected chi connectivity index (χ0v) is 11.7. The van der Waals surface area contributed by atoms with Crippen LogP contribution in [0.15, 0.2) is 12.7 Å². The zero-order chi connectivity index (χ0) is 11.4. The molecule has 0 fully saturated rings. The largest absolute Gasteiger partial charge is 0.106 e. The second-order valence-electron chi connectivity index (χ2n) is 4.33. The van der Waals surface area contributed by atoms with E-state index >= 15 is 0 Å². The van der Waals surface area contributed by atoms with E-state index < -0.39 is 0 Å². The highest BCUT2D eigenvalue weighted by Crippen LogP contribution is 2.38. The van der Waals surface area contributed by atoms with Crippen molar-refractivity contribution in [2.45, 2.75) is 58.8 Å². The molecule has 0 bridgehead atoms. The van der Waals surface area contributed by atoms with E-state index in [2.05, 4.69) is 26.5 Å². The van der Waals surface area contributed by atoms with Crippen molar-refractivity contribution in [3.05, 3.63) is 12.7 Å². The van der Waals surface area contributed by atoms with E-state index in [-0.39, 0.29) is 0 Å². The van der Waals surface area contributed by atoms with Gasteiger partial charge < -0.3 is 0 Å². The van der Waals surface area contributed by atoms with Gasteiger partial charge in [0, 0.05) is 0 Å². The second-order valence-corrected chi connectivity index (χ2v) is 7.02. The van der Waals surface area contributed by atoms with E-state index in [0.29, 0.717) is 7.92 Å². The van der Waals surface area contributed by atoms with Crippen molar-refractivity contribution in [3.8, 4) is 0 Å². The molecule has 0 saturated carbocycles. The van der Waals surface area contributed by atoms with Crippen LogP contribution in [0.4, 0.5) is 0 Å². The molecule has 0 N–H and O–H groups in total. The van der Waals surface area contributed by atoms with Gasteiger partial charge >= 0.3 is 0 Å². The number of hydrogen-bond acceptors (Lipinski definition) is 0. The zero-order valence-electron chi connectivity index (χ0n) is 10.8. The van der Waals surface area contributed by atoms with Gasteiger partial charge in [-0.25, -0.2) is 0 Å². The molecule has 90 valence electrons. The Morgan fingerprint density at radius 2 is 1.40 bits per heavy atom. The Kier molecular flexibility index (Phi) is 12.4. The third kappa shape index (κ3) is 10.5. The molecule has 0 aromatic heterocycles. The lowest BCUT2D eigenvalue weighted by atomic mass is 10.3. The minimum Gasteiger partial charge on any atom is -0.106 e. The molecule has 0 aliphatic carbocycles. The molecule has 0 aliphatic rings. The lowest BCUT2D eigenvalue weighted by Gasteiger charge is -2.16. The molecule has 0 saturated heterocycles. The van der Waals surface area contributed by atoms with E-state index in [1.807, 2.05) is 0 Å². The second kappa shape index (κ2) is 12.2. The van der Waals surface area contributed by atoms with Crippen LogP contribution in [0, 0.1) is 0 Å². The third-order valence-electron chi connectivity index (χ3n) is 2.81. The summed E-state index contributed by atoms with van der Waals surface area (Å²) >= 11 is 0. The monoisotopic (exact) mass is 228 g/mol. The van der Waals surface area contributed by atoms with E-state index in [1.54, 1.807) is 0 Å². The van der Waals surface area contributed by atoms with Gasteiger partial charge in [-0.15, -0.1) is 14.5 Å². The van der Waals surface area contributed by atoms with Crippen LogP contribution in [0.3, 0.4) is 0 Å². The number of hydrogen-bond donors (Lipinski definition) is 0. The summed E-state index contributed by atoms with van der Waals surface area (Å²) in [5.74, 6) is 0. The molecular weight excluding hydrogens is 199 g/mol. The number of allylic oxidation sites excluding steroid dienone is 1. The lowest BCUT2D eigenvalue weighted by Crippen LogP contribution is -1.95. The van der Waals surface area contributed by atoms with Crippen molar-refractivity contribution in [3.63, 3.8) is 0 Å². The van der Waals surface area contributed by atoms with Gasteiger partial charge in [0.15, 0.2) is 0 Å². The van der Waals surface area contributed by atoms with Gasteiger partial charge in [0.05, 0.1) is 0 Å². The first-order valence-corrected chi connectivity index (χ1v) is 8.58.